The lowest BCUT2D eigenvalue weighted by Gasteiger charge is -2.24. The average Bonchev–Trinajstić information content (AvgIpc) is 2.09. The van der Waals surface area contributed by atoms with E-state index < -0.39 is 12.7 Å². The summed E-state index contributed by atoms with van der Waals surface area (Å²) in [5.41, 5.74) is 5.78. The zero-order valence-corrected chi connectivity index (χ0v) is 9.64. The van der Waals surface area contributed by atoms with Gasteiger partial charge in [0.25, 0.3) is 0 Å². The van der Waals surface area contributed by atoms with Crippen LogP contribution < -0.4 is 5.73 Å². The summed E-state index contributed by atoms with van der Waals surface area (Å²) in [6, 6.07) is -0.0210. The van der Waals surface area contributed by atoms with Crippen molar-refractivity contribution in [3.05, 3.63) is 0 Å². The molecule has 0 saturated heterocycles. The molecule has 1 atom stereocenters. The van der Waals surface area contributed by atoms with Gasteiger partial charge in [-0.3, -0.25) is 4.90 Å². The van der Waals surface area contributed by atoms with E-state index in [1.54, 1.807) is 6.92 Å². The fraction of sp³-hybridized carbons (Fsp3) is 1.00. The van der Waals surface area contributed by atoms with E-state index in [9.17, 15) is 13.2 Å². The standard InChI is InChI=1S/C10H21F3N2/c1-4-15(7-10(11,12)13)6-5-9(14)8(2)3/h8-9H,4-7,14H2,1-3H3. The Morgan fingerprint density at radius 3 is 2.13 bits per heavy atom. The number of nitrogens with two attached hydrogens (primary N) is 1. The SMILES string of the molecule is CCN(CCC(N)C(C)C)CC(F)(F)F. The van der Waals surface area contributed by atoms with Crippen molar-refractivity contribution in [1.82, 2.24) is 4.90 Å². The molecule has 0 rings (SSSR count). The van der Waals surface area contributed by atoms with E-state index in [1.807, 2.05) is 13.8 Å². The van der Waals surface area contributed by atoms with Gasteiger partial charge in [0.1, 0.15) is 0 Å². The van der Waals surface area contributed by atoms with Crippen LogP contribution in [0.15, 0.2) is 0 Å². The molecular weight excluding hydrogens is 205 g/mol. The topological polar surface area (TPSA) is 29.3 Å². The van der Waals surface area contributed by atoms with Crippen LogP contribution in [0.3, 0.4) is 0 Å². The molecule has 0 heterocycles. The molecule has 0 amide bonds. The van der Waals surface area contributed by atoms with Crippen LogP contribution in [0.5, 0.6) is 0 Å². The summed E-state index contributed by atoms with van der Waals surface area (Å²) in [6.07, 6.45) is -3.50. The highest BCUT2D eigenvalue weighted by molar-refractivity contribution is 4.69. The minimum Gasteiger partial charge on any atom is -0.327 e. The van der Waals surface area contributed by atoms with Gasteiger partial charge >= 0.3 is 6.18 Å². The Morgan fingerprint density at radius 1 is 1.27 bits per heavy atom. The van der Waals surface area contributed by atoms with E-state index in [1.165, 1.54) is 4.90 Å². The van der Waals surface area contributed by atoms with Gasteiger partial charge in [0, 0.05) is 6.04 Å². The quantitative estimate of drug-likeness (QED) is 0.752. The molecule has 1 unspecified atom stereocenters. The Morgan fingerprint density at radius 2 is 1.80 bits per heavy atom. The first-order chi connectivity index (χ1) is 6.76. The van der Waals surface area contributed by atoms with Crippen LogP contribution >= 0.6 is 0 Å². The molecule has 0 saturated carbocycles. The van der Waals surface area contributed by atoms with Crippen LogP contribution in [-0.2, 0) is 0 Å². The molecule has 15 heavy (non-hydrogen) atoms. The van der Waals surface area contributed by atoms with Crippen molar-refractivity contribution in [3.8, 4) is 0 Å². The molecule has 0 aromatic heterocycles. The second-order valence-corrected chi connectivity index (χ2v) is 4.18. The van der Waals surface area contributed by atoms with Crippen LogP contribution in [-0.4, -0.2) is 36.8 Å². The van der Waals surface area contributed by atoms with Crippen molar-refractivity contribution in [1.29, 1.82) is 0 Å². The van der Waals surface area contributed by atoms with E-state index in [2.05, 4.69) is 0 Å². The normalized spacial score (nSPS) is 15.0. The lowest BCUT2D eigenvalue weighted by atomic mass is 10.0. The second kappa shape index (κ2) is 6.33. The lowest BCUT2D eigenvalue weighted by molar-refractivity contribution is -0.145. The molecular formula is C10H21F3N2. The van der Waals surface area contributed by atoms with Crippen LogP contribution in [0.4, 0.5) is 13.2 Å². The Hall–Kier alpha value is -0.290. The van der Waals surface area contributed by atoms with Gasteiger partial charge in [0.15, 0.2) is 0 Å². The zero-order chi connectivity index (χ0) is 12.1. The second-order valence-electron chi connectivity index (χ2n) is 4.18. The molecule has 2 N–H and O–H groups in total. The van der Waals surface area contributed by atoms with E-state index in [-0.39, 0.29) is 6.04 Å². The average molecular weight is 226 g/mol. The number of halogens is 3. The minimum atomic E-state index is -4.11. The van der Waals surface area contributed by atoms with E-state index >= 15 is 0 Å². The van der Waals surface area contributed by atoms with E-state index in [4.69, 9.17) is 5.73 Å². The maximum atomic E-state index is 12.1. The molecule has 92 valence electrons. The van der Waals surface area contributed by atoms with Crippen molar-refractivity contribution in [2.75, 3.05) is 19.6 Å². The van der Waals surface area contributed by atoms with Gasteiger partial charge in [-0.15, -0.1) is 0 Å². The predicted molar refractivity (Wildman–Crippen MR) is 55.6 cm³/mol. The van der Waals surface area contributed by atoms with Crippen molar-refractivity contribution in [2.24, 2.45) is 11.7 Å². The Bertz CT molecular complexity index is 169. The monoisotopic (exact) mass is 226 g/mol. The number of rotatable bonds is 6. The van der Waals surface area contributed by atoms with Crippen molar-refractivity contribution < 1.29 is 13.2 Å². The third kappa shape index (κ3) is 7.62. The van der Waals surface area contributed by atoms with Crippen LogP contribution in [0, 0.1) is 5.92 Å². The highest BCUT2D eigenvalue weighted by Gasteiger charge is 2.30. The summed E-state index contributed by atoms with van der Waals surface area (Å²) in [5.74, 6) is 0.314. The molecule has 0 aromatic carbocycles. The molecule has 0 aromatic rings. The first-order valence-electron chi connectivity index (χ1n) is 5.31. The highest BCUT2D eigenvalue weighted by atomic mass is 19.4. The Labute approximate surface area is 89.6 Å². The molecule has 0 spiro atoms. The molecule has 0 aliphatic rings. The van der Waals surface area contributed by atoms with Gasteiger partial charge in [0.2, 0.25) is 0 Å². The van der Waals surface area contributed by atoms with Crippen molar-refractivity contribution in [2.45, 2.75) is 39.4 Å². The van der Waals surface area contributed by atoms with Crippen LogP contribution in [0.25, 0.3) is 0 Å². The van der Waals surface area contributed by atoms with Gasteiger partial charge in [-0.25, -0.2) is 0 Å². The molecule has 2 nitrogen and oxygen atoms in total. The summed E-state index contributed by atoms with van der Waals surface area (Å²) >= 11 is 0. The number of alkyl halides is 3. The largest absolute Gasteiger partial charge is 0.401 e. The van der Waals surface area contributed by atoms with Gasteiger partial charge in [-0.2, -0.15) is 13.2 Å². The van der Waals surface area contributed by atoms with Gasteiger partial charge < -0.3 is 5.73 Å². The number of nitrogens with zero attached hydrogens (tertiary/aromatic N) is 1. The maximum Gasteiger partial charge on any atom is 0.401 e. The van der Waals surface area contributed by atoms with Crippen LogP contribution in [0.1, 0.15) is 27.2 Å². The van der Waals surface area contributed by atoms with Crippen molar-refractivity contribution >= 4 is 0 Å². The third-order valence-corrected chi connectivity index (χ3v) is 2.49. The molecule has 0 aliphatic heterocycles. The summed E-state index contributed by atoms with van der Waals surface area (Å²) in [4.78, 5) is 1.38. The first-order valence-corrected chi connectivity index (χ1v) is 5.31. The van der Waals surface area contributed by atoms with Crippen molar-refractivity contribution in [3.63, 3.8) is 0 Å². The fourth-order valence-corrected chi connectivity index (χ4v) is 1.27. The van der Waals surface area contributed by atoms with Gasteiger partial charge in [0.05, 0.1) is 6.54 Å². The Balaban J connectivity index is 3.90. The molecule has 0 aliphatic carbocycles. The number of hydrogen-bond donors (Lipinski definition) is 1. The van der Waals surface area contributed by atoms with E-state index in [0.29, 0.717) is 25.4 Å². The lowest BCUT2D eigenvalue weighted by Crippen LogP contribution is -2.38. The maximum absolute atomic E-state index is 12.1. The van der Waals surface area contributed by atoms with Crippen LogP contribution in [0.2, 0.25) is 0 Å². The molecule has 0 fully saturated rings. The summed E-state index contributed by atoms with van der Waals surface area (Å²) < 4.78 is 36.3. The fourth-order valence-electron chi connectivity index (χ4n) is 1.27. The highest BCUT2D eigenvalue weighted by Crippen LogP contribution is 2.16. The summed E-state index contributed by atoms with van der Waals surface area (Å²) in [7, 11) is 0. The van der Waals surface area contributed by atoms with Gasteiger partial charge in [-0.1, -0.05) is 20.8 Å². The van der Waals surface area contributed by atoms with Gasteiger partial charge in [-0.05, 0) is 25.4 Å². The first kappa shape index (κ1) is 14.7. The molecule has 5 heteroatoms. The van der Waals surface area contributed by atoms with E-state index in [0.717, 1.165) is 0 Å². The minimum absolute atomic E-state index is 0.0210. The summed E-state index contributed by atoms with van der Waals surface area (Å²) in [5, 5.41) is 0. The smallest absolute Gasteiger partial charge is 0.327 e. The predicted octanol–water partition coefficient (Wildman–Crippen LogP) is 2.24. The zero-order valence-electron chi connectivity index (χ0n) is 9.64. The molecule has 0 bridgehead atoms. The third-order valence-electron chi connectivity index (χ3n) is 2.49. The number of hydrogen-bond acceptors (Lipinski definition) is 2. The summed E-state index contributed by atoms with van der Waals surface area (Å²) in [6.45, 7) is 5.66. The molecule has 0 radical (unpaired) electrons. The Kier molecular flexibility index (Phi) is 6.20.